The van der Waals surface area contributed by atoms with Crippen molar-refractivity contribution >= 4 is 13.6 Å². The van der Waals surface area contributed by atoms with Gasteiger partial charge in [-0.1, -0.05) is 40.5 Å². The third-order valence-corrected chi connectivity index (χ3v) is 2.87. The molecule has 0 amide bonds. The van der Waals surface area contributed by atoms with Crippen LogP contribution in [0.2, 0.25) is 0 Å². The van der Waals surface area contributed by atoms with Gasteiger partial charge in [0.1, 0.15) is 0 Å². The van der Waals surface area contributed by atoms with Crippen molar-refractivity contribution in [1.82, 2.24) is 0 Å². The smallest absolute Gasteiger partial charge is 0.681 e. The number of hydrogen-bond donors (Lipinski definition) is 0. The summed E-state index contributed by atoms with van der Waals surface area (Å²) in [7, 11) is 3.60. The van der Waals surface area contributed by atoms with E-state index in [2.05, 4.69) is 62.5 Å². The number of rotatable bonds is 8. The second-order valence-corrected chi connectivity index (χ2v) is 4.59. The second kappa shape index (κ2) is 29.8. The maximum Gasteiger partial charge on any atom is 6.00 e. The molecule has 0 saturated heterocycles. The zero-order chi connectivity index (χ0) is 18.6. The van der Waals surface area contributed by atoms with Gasteiger partial charge in [-0.3, -0.25) is 13.6 Å². The molecule has 0 rings (SSSR count). The van der Waals surface area contributed by atoms with Crippen LogP contribution in [0.5, 0.6) is 0 Å². The van der Waals surface area contributed by atoms with E-state index < -0.39 is 0 Å². The van der Waals surface area contributed by atoms with Crippen molar-refractivity contribution in [3.05, 3.63) is 21.3 Å². The summed E-state index contributed by atoms with van der Waals surface area (Å²) in [5.74, 6) is 0. The molecule has 0 aromatic heterocycles. The average Bonchev–Trinajstić information content (AvgIpc) is 2.58. The summed E-state index contributed by atoms with van der Waals surface area (Å²) in [5, 5.41) is 16.7. The Morgan fingerprint density at radius 1 is 0.696 bits per heavy atom. The molecule has 7 heteroatoms. The minimum absolute atomic E-state index is 0. The van der Waals surface area contributed by atoms with Gasteiger partial charge in [-0.05, 0) is 0 Å². The van der Waals surface area contributed by atoms with E-state index in [0.717, 1.165) is 12.8 Å². The van der Waals surface area contributed by atoms with Crippen molar-refractivity contribution in [3.63, 3.8) is 0 Å². The van der Waals surface area contributed by atoms with Gasteiger partial charge in [0.05, 0.1) is 0 Å². The Morgan fingerprint density at radius 3 is 1.04 bits per heavy atom. The summed E-state index contributed by atoms with van der Waals surface area (Å²) in [6.45, 7) is 19.0. The fraction of sp³-hybridized carbons (Fsp3) is 0.875. The van der Waals surface area contributed by atoms with Gasteiger partial charge in [-0.2, -0.15) is 14.1 Å². The van der Waals surface area contributed by atoms with Crippen LogP contribution in [0.15, 0.2) is 0 Å². The first-order valence-corrected chi connectivity index (χ1v) is 7.46. The summed E-state index contributed by atoms with van der Waals surface area (Å²) in [6, 6.07) is 0.924. The standard InChI is InChI=1S/2C7H16N2.2CHO.Ru/c2*1-5-6(2)9-7(3)8-4;2*1-2;/h2*6-7H,5H2,1-4H3;2*1H;/q2*-2;2*-1;+6. The Kier molecular flexibility index (Phi) is 44.3. The van der Waals surface area contributed by atoms with E-state index in [0.29, 0.717) is 12.1 Å². The summed E-state index contributed by atoms with van der Waals surface area (Å²) in [5.41, 5.74) is 0. The molecule has 0 spiro atoms. The van der Waals surface area contributed by atoms with Crippen molar-refractivity contribution in [3.8, 4) is 0 Å². The van der Waals surface area contributed by atoms with Crippen LogP contribution in [0, 0.1) is 0 Å². The van der Waals surface area contributed by atoms with Gasteiger partial charge in [-0.25, -0.2) is 12.3 Å². The van der Waals surface area contributed by atoms with Crippen LogP contribution in [0.25, 0.3) is 21.3 Å². The predicted octanol–water partition coefficient (Wildman–Crippen LogP) is 4.47. The van der Waals surface area contributed by atoms with E-state index >= 15 is 0 Å². The predicted molar refractivity (Wildman–Crippen MR) is 97.2 cm³/mol. The third-order valence-electron chi connectivity index (χ3n) is 2.87. The molecule has 0 aliphatic rings. The molecule has 0 saturated carbocycles. The first-order chi connectivity index (χ1) is 10.4. The van der Waals surface area contributed by atoms with Crippen molar-refractivity contribution in [1.29, 1.82) is 0 Å². The molecule has 0 bridgehead atoms. The van der Waals surface area contributed by atoms with Crippen molar-refractivity contribution in [2.24, 2.45) is 0 Å². The van der Waals surface area contributed by atoms with Crippen LogP contribution in [0.3, 0.4) is 0 Å². The van der Waals surface area contributed by atoms with Crippen LogP contribution in [-0.2, 0) is 29.1 Å². The maximum atomic E-state index is 7.75. The van der Waals surface area contributed by atoms with Crippen molar-refractivity contribution in [2.45, 2.75) is 78.8 Å². The Hall–Kier alpha value is -0.197. The molecule has 0 heterocycles. The zero-order valence-corrected chi connectivity index (χ0v) is 17.6. The van der Waals surface area contributed by atoms with E-state index in [4.69, 9.17) is 9.59 Å². The monoisotopic (exact) mass is 416 g/mol. The van der Waals surface area contributed by atoms with Gasteiger partial charge >= 0.3 is 19.5 Å². The Labute approximate surface area is 157 Å². The van der Waals surface area contributed by atoms with Gasteiger partial charge in [0, 0.05) is 0 Å². The largest absolute Gasteiger partial charge is 6.00 e. The van der Waals surface area contributed by atoms with Crippen LogP contribution in [-0.4, -0.2) is 52.1 Å². The quantitative estimate of drug-likeness (QED) is 0.332. The minimum Gasteiger partial charge on any atom is -0.681 e. The van der Waals surface area contributed by atoms with Gasteiger partial charge in [0.25, 0.3) is 0 Å². The second-order valence-electron chi connectivity index (χ2n) is 4.59. The molecule has 4 unspecified atom stereocenters. The van der Waals surface area contributed by atoms with Crippen LogP contribution >= 0.6 is 0 Å². The molecule has 0 fully saturated rings. The Morgan fingerprint density at radius 2 is 0.913 bits per heavy atom. The molecule has 23 heavy (non-hydrogen) atoms. The molecular weight excluding hydrogens is 381 g/mol. The van der Waals surface area contributed by atoms with E-state index in [1.165, 1.54) is 0 Å². The summed E-state index contributed by atoms with van der Waals surface area (Å²) in [6.07, 6.45) is 2.58. The molecule has 0 radical (unpaired) electrons. The molecule has 6 nitrogen and oxygen atoms in total. The summed E-state index contributed by atoms with van der Waals surface area (Å²) >= 11 is 0. The minimum atomic E-state index is 0. The fourth-order valence-corrected chi connectivity index (χ4v) is 1.08. The molecule has 138 valence electrons. The first-order valence-electron chi connectivity index (χ1n) is 7.46. The topological polar surface area (TPSA) is 90.5 Å². The summed E-state index contributed by atoms with van der Waals surface area (Å²) in [4.78, 5) is 15.5. The normalized spacial score (nSPS) is 13.9. The average molecular weight is 416 g/mol. The molecular formula is C16H34N4O2Ru. The van der Waals surface area contributed by atoms with Crippen LogP contribution in [0.1, 0.15) is 54.4 Å². The number of nitrogens with zero attached hydrogens (tertiary/aromatic N) is 4. The van der Waals surface area contributed by atoms with Crippen LogP contribution < -0.4 is 0 Å². The van der Waals surface area contributed by atoms with E-state index in [1.807, 2.05) is 13.8 Å². The molecule has 0 N–H and O–H groups in total. The molecule has 0 aliphatic heterocycles. The van der Waals surface area contributed by atoms with Crippen molar-refractivity contribution < 1.29 is 29.1 Å². The van der Waals surface area contributed by atoms with Gasteiger partial charge in [-0.15, -0.1) is 25.9 Å². The SMILES string of the molecule is CCC(C)[N-]C(C)[N-]C.CCC(C)[N-]C(C)[N-]C.[CH-]=O.[CH-]=O.[Ru+6]. The summed E-state index contributed by atoms with van der Waals surface area (Å²) < 4.78 is 0. The van der Waals surface area contributed by atoms with Crippen LogP contribution in [0.4, 0.5) is 0 Å². The molecule has 4 atom stereocenters. The first kappa shape index (κ1) is 34.2. The third kappa shape index (κ3) is 34.2. The molecule has 0 aromatic carbocycles. The van der Waals surface area contributed by atoms with Gasteiger partial charge < -0.3 is 30.9 Å². The number of carbonyl (C=O) groups excluding carboxylic acids is 2. The van der Waals surface area contributed by atoms with Gasteiger partial charge in [0.2, 0.25) is 0 Å². The van der Waals surface area contributed by atoms with Crippen molar-refractivity contribution in [2.75, 3.05) is 14.1 Å². The fourth-order valence-electron chi connectivity index (χ4n) is 1.08. The van der Waals surface area contributed by atoms with E-state index in [1.54, 1.807) is 14.1 Å². The molecule has 0 aromatic rings. The number of hydrogen-bond acceptors (Lipinski definition) is 2. The molecule has 0 aliphatic carbocycles. The van der Waals surface area contributed by atoms with E-state index in [9.17, 15) is 0 Å². The maximum absolute atomic E-state index is 7.75. The Bertz CT molecular complexity index is 167. The Balaban J connectivity index is -0.0000000743. The zero-order valence-electron chi connectivity index (χ0n) is 15.8. The van der Waals surface area contributed by atoms with Gasteiger partial charge in [0.15, 0.2) is 0 Å². The van der Waals surface area contributed by atoms with E-state index in [-0.39, 0.29) is 31.8 Å².